The largest absolute Gasteiger partial charge is 0.302 e. The zero-order chi connectivity index (χ0) is 20.4. The summed E-state index contributed by atoms with van der Waals surface area (Å²) in [5.74, 6) is -0.618. The molecule has 0 aliphatic carbocycles. The summed E-state index contributed by atoms with van der Waals surface area (Å²) in [6, 6.07) is 10.6. The number of thiazole rings is 1. The molecule has 4 rings (SSSR count). The standard InChI is InChI=1S/C20H20FN3O3S2/c21-15-6-4-14(5-7-15)12-19(25)23-20-22-17-9-8-16(13-18(17)28-20)29(26,27)24-10-2-1-3-11-24/h4-9,13H,1-3,10-12H2,(H,22,23,25). The Morgan fingerprint density at radius 2 is 1.83 bits per heavy atom. The molecule has 1 aromatic heterocycles. The highest BCUT2D eigenvalue weighted by molar-refractivity contribution is 7.89. The molecule has 152 valence electrons. The van der Waals surface area contributed by atoms with E-state index in [2.05, 4.69) is 10.3 Å². The smallest absolute Gasteiger partial charge is 0.243 e. The van der Waals surface area contributed by atoms with Gasteiger partial charge in [-0.2, -0.15) is 4.31 Å². The predicted molar refractivity (Wildman–Crippen MR) is 111 cm³/mol. The van der Waals surface area contributed by atoms with Crippen LogP contribution in [0.25, 0.3) is 10.2 Å². The van der Waals surface area contributed by atoms with E-state index in [0.29, 0.717) is 34.0 Å². The Bertz CT molecular complexity index is 1140. The summed E-state index contributed by atoms with van der Waals surface area (Å²) in [6.45, 7) is 1.10. The minimum absolute atomic E-state index is 0.102. The predicted octanol–water partition coefficient (Wildman–Crippen LogP) is 3.79. The number of carbonyl (C=O) groups is 1. The summed E-state index contributed by atoms with van der Waals surface area (Å²) in [7, 11) is -3.52. The number of sulfonamides is 1. The third-order valence-corrected chi connectivity index (χ3v) is 7.67. The van der Waals surface area contributed by atoms with Gasteiger partial charge in [0.1, 0.15) is 5.82 Å². The lowest BCUT2D eigenvalue weighted by atomic mass is 10.1. The van der Waals surface area contributed by atoms with Gasteiger partial charge < -0.3 is 5.32 Å². The fraction of sp³-hybridized carbons (Fsp3) is 0.300. The monoisotopic (exact) mass is 433 g/mol. The van der Waals surface area contributed by atoms with E-state index in [1.807, 2.05) is 0 Å². The van der Waals surface area contributed by atoms with Crippen molar-refractivity contribution in [2.75, 3.05) is 18.4 Å². The van der Waals surface area contributed by atoms with E-state index in [-0.39, 0.29) is 23.0 Å². The number of nitrogens with one attached hydrogen (secondary N) is 1. The van der Waals surface area contributed by atoms with Crippen LogP contribution in [0.3, 0.4) is 0 Å². The molecule has 0 atom stereocenters. The lowest BCUT2D eigenvalue weighted by Gasteiger charge is -2.25. The molecule has 3 aromatic rings. The normalized spacial score (nSPS) is 15.5. The van der Waals surface area contributed by atoms with Gasteiger partial charge in [0.05, 0.1) is 21.5 Å². The molecule has 0 bridgehead atoms. The molecule has 1 aliphatic heterocycles. The second-order valence-corrected chi connectivity index (χ2v) is 9.93. The molecule has 1 fully saturated rings. The Hall–Kier alpha value is -2.36. The summed E-state index contributed by atoms with van der Waals surface area (Å²) in [4.78, 5) is 16.8. The molecule has 6 nitrogen and oxygen atoms in total. The van der Waals surface area contributed by atoms with Gasteiger partial charge in [0.15, 0.2) is 5.13 Å². The number of hydrogen-bond acceptors (Lipinski definition) is 5. The molecule has 1 N–H and O–H groups in total. The first-order valence-corrected chi connectivity index (χ1v) is 11.6. The highest BCUT2D eigenvalue weighted by Gasteiger charge is 2.26. The third kappa shape index (κ3) is 4.47. The number of benzene rings is 2. The number of nitrogens with zero attached hydrogens (tertiary/aromatic N) is 2. The number of aromatic nitrogens is 1. The molecular weight excluding hydrogens is 413 g/mol. The highest BCUT2D eigenvalue weighted by atomic mass is 32.2. The van der Waals surface area contributed by atoms with Crippen LogP contribution in [0.5, 0.6) is 0 Å². The van der Waals surface area contributed by atoms with Crippen molar-refractivity contribution in [3.63, 3.8) is 0 Å². The Morgan fingerprint density at radius 1 is 1.10 bits per heavy atom. The topological polar surface area (TPSA) is 79.4 Å². The SMILES string of the molecule is O=C(Cc1ccc(F)cc1)Nc1nc2ccc(S(=O)(=O)N3CCCCC3)cc2s1. The van der Waals surface area contributed by atoms with Crippen molar-refractivity contribution in [3.05, 3.63) is 53.8 Å². The summed E-state index contributed by atoms with van der Waals surface area (Å²) < 4.78 is 40.9. The van der Waals surface area contributed by atoms with Gasteiger partial charge in [-0.1, -0.05) is 29.9 Å². The molecule has 1 aliphatic rings. The van der Waals surface area contributed by atoms with Crippen LogP contribution in [0.1, 0.15) is 24.8 Å². The number of anilines is 1. The molecule has 0 spiro atoms. The Morgan fingerprint density at radius 3 is 2.55 bits per heavy atom. The van der Waals surface area contributed by atoms with Gasteiger partial charge in [0.2, 0.25) is 15.9 Å². The third-order valence-electron chi connectivity index (χ3n) is 4.84. The molecule has 1 amide bonds. The Kier molecular flexibility index (Phi) is 5.62. The van der Waals surface area contributed by atoms with Gasteiger partial charge in [0, 0.05) is 13.1 Å². The van der Waals surface area contributed by atoms with Crippen molar-refractivity contribution in [2.24, 2.45) is 0 Å². The van der Waals surface area contributed by atoms with Crippen molar-refractivity contribution >= 4 is 42.6 Å². The van der Waals surface area contributed by atoms with Crippen molar-refractivity contribution in [2.45, 2.75) is 30.6 Å². The molecule has 2 aromatic carbocycles. The van der Waals surface area contributed by atoms with Crippen LogP contribution in [-0.4, -0.2) is 36.7 Å². The van der Waals surface area contributed by atoms with Gasteiger partial charge in [-0.15, -0.1) is 0 Å². The summed E-state index contributed by atoms with van der Waals surface area (Å²) in [5, 5.41) is 3.13. The minimum atomic E-state index is -3.52. The van der Waals surface area contributed by atoms with E-state index in [4.69, 9.17) is 0 Å². The Labute approximate surface area is 172 Å². The molecule has 0 saturated carbocycles. The molecule has 0 radical (unpaired) electrons. The first-order valence-electron chi connectivity index (χ1n) is 9.37. The quantitative estimate of drug-likeness (QED) is 0.664. The number of fused-ring (bicyclic) bond motifs is 1. The zero-order valence-corrected chi connectivity index (χ0v) is 17.2. The maximum atomic E-state index is 13.0. The number of hydrogen-bond donors (Lipinski definition) is 1. The van der Waals surface area contributed by atoms with Gasteiger partial charge >= 0.3 is 0 Å². The molecule has 2 heterocycles. The van der Waals surface area contributed by atoms with Crippen molar-refractivity contribution < 1.29 is 17.6 Å². The number of carbonyl (C=O) groups excluding carboxylic acids is 1. The van der Waals surface area contributed by atoms with E-state index < -0.39 is 10.0 Å². The van der Waals surface area contributed by atoms with E-state index in [1.54, 1.807) is 30.3 Å². The second kappa shape index (κ2) is 8.17. The van der Waals surface area contributed by atoms with Crippen LogP contribution >= 0.6 is 11.3 Å². The first-order chi connectivity index (χ1) is 13.9. The lowest BCUT2D eigenvalue weighted by Crippen LogP contribution is -2.35. The number of amides is 1. The number of piperidine rings is 1. The highest BCUT2D eigenvalue weighted by Crippen LogP contribution is 2.30. The Balaban J connectivity index is 1.50. The summed E-state index contributed by atoms with van der Waals surface area (Å²) in [5.41, 5.74) is 1.32. The van der Waals surface area contributed by atoms with Gasteiger partial charge in [0.25, 0.3) is 0 Å². The maximum Gasteiger partial charge on any atom is 0.243 e. The minimum Gasteiger partial charge on any atom is -0.302 e. The van der Waals surface area contributed by atoms with Gasteiger partial charge in [-0.3, -0.25) is 4.79 Å². The number of halogens is 1. The average molecular weight is 434 g/mol. The number of rotatable bonds is 5. The van der Waals surface area contributed by atoms with Gasteiger partial charge in [-0.05, 0) is 48.7 Å². The van der Waals surface area contributed by atoms with E-state index in [0.717, 1.165) is 19.3 Å². The summed E-state index contributed by atoms with van der Waals surface area (Å²) in [6.07, 6.45) is 2.92. The fourth-order valence-electron chi connectivity index (χ4n) is 3.32. The van der Waals surface area contributed by atoms with Crippen LogP contribution in [0.4, 0.5) is 9.52 Å². The van der Waals surface area contributed by atoms with Crippen LogP contribution in [-0.2, 0) is 21.2 Å². The first kappa shape index (κ1) is 19.9. The zero-order valence-electron chi connectivity index (χ0n) is 15.6. The van der Waals surface area contributed by atoms with Crippen LogP contribution in [0.15, 0.2) is 47.4 Å². The molecule has 1 saturated heterocycles. The van der Waals surface area contributed by atoms with E-state index >= 15 is 0 Å². The van der Waals surface area contributed by atoms with Crippen molar-refractivity contribution in [3.8, 4) is 0 Å². The molecule has 9 heteroatoms. The second-order valence-electron chi connectivity index (χ2n) is 6.96. The summed E-state index contributed by atoms with van der Waals surface area (Å²) >= 11 is 1.23. The van der Waals surface area contributed by atoms with Crippen molar-refractivity contribution in [1.29, 1.82) is 0 Å². The van der Waals surface area contributed by atoms with E-state index in [1.165, 1.54) is 27.8 Å². The molecule has 0 unspecified atom stereocenters. The van der Waals surface area contributed by atoms with Crippen LogP contribution in [0, 0.1) is 5.82 Å². The van der Waals surface area contributed by atoms with Crippen molar-refractivity contribution in [1.82, 2.24) is 9.29 Å². The van der Waals surface area contributed by atoms with E-state index in [9.17, 15) is 17.6 Å². The fourth-order valence-corrected chi connectivity index (χ4v) is 5.86. The van der Waals surface area contributed by atoms with Crippen LogP contribution < -0.4 is 5.32 Å². The lowest BCUT2D eigenvalue weighted by molar-refractivity contribution is -0.115. The molecule has 29 heavy (non-hydrogen) atoms. The molecular formula is C20H20FN3O3S2. The maximum absolute atomic E-state index is 13.0. The average Bonchev–Trinajstić information content (AvgIpc) is 3.11. The van der Waals surface area contributed by atoms with Crippen LogP contribution in [0.2, 0.25) is 0 Å². The van der Waals surface area contributed by atoms with Gasteiger partial charge in [-0.25, -0.2) is 17.8 Å².